The van der Waals surface area contributed by atoms with Gasteiger partial charge in [-0.2, -0.15) is 0 Å². The van der Waals surface area contributed by atoms with Crippen molar-refractivity contribution in [2.24, 2.45) is 5.92 Å². The van der Waals surface area contributed by atoms with Crippen molar-refractivity contribution < 1.29 is 9.53 Å². The number of rotatable bonds is 7. The van der Waals surface area contributed by atoms with E-state index in [1.165, 1.54) is 11.9 Å². The maximum Gasteiger partial charge on any atom is 0.225 e. The molecule has 2 fully saturated rings. The number of benzene rings is 1. The molecule has 1 saturated heterocycles. The van der Waals surface area contributed by atoms with Gasteiger partial charge in [0.15, 0.2) is 0 Å². The normalized spacial score (nSPS) is 17.1. The number of fused-ring (bicyclic) bond motifs is 1. The second-order valence-corrected chi connectivity index (χ2v) is 9.67. The summed E-state index contributed by atoms with van der Waals surface area (Å²) in [6.07, 6.45) is 5.44. The van der Waals surface area contributed by atoms with Gasteiger partial charge in [-0.05, 0) is 49.6 Å². The monoisotopic (exact) mass is 498 g/mol. The second-order valence-electron chi connectivity index (χ2n) is 9.67. The van der Waals surface area contributed by atoms with E-state index in [1.807, 2.05) is 29.3 Å². The lowest BCUT2D eigenvalue weighted by atomic mass is 10.1. The predicted octanol–water partition coefficient (Wildman–Crippen LogP) is 3.78. The van der Waals surface area contributed by atoms with Gasteiger partial charge in [0.25, 0.3) is 0 Å². The predicted molar refractivity (Wildman–Crippen MR) is 140 cm³/mol. The van der Waals surface area contributed by atoms with Gasteiger partial charge in [-0.3, -0.25) is 9.69 Å². The number of H-pyrrole nitrogens is 1. The Morgan fingerprint density at radius 1 is 1.08 bits per heavy atom. The van der Waals surface area contributed by atoms with Crippen LogP contribution in [0, 0.1) is 5.92 Å². The summed E-state index contributed by atoms with van der Waals surface area (Å²) in [7, 11) is 1.59. The number of nitrogens with zero attached hydrogens (tertiary/aromatic N) is 6. The molecule has 10 heteroatoms. The summed E-state index contributed by atoms with van der Waals surface area (Å²) in [6, 6.07) is 12.1. The van der Waals surface area contributed by atoms with E-state index in [0.29, 0.717) is 23.7 Å². The van der Waals surface area contributed by atoms with Crippen LogP contribution in [-0.4, -0.2) is 73.9 Å². The fourth-order valence-electron chi connectivity index (χ4n) is 4.86. The van der Waals surface area contributed by atoms with E-state index in [1.54, 1.807) is 13.2 Å². The highest BCUT2D eigenvalue weighted by Gasteiger charge is 2.35. The molecule has 1 unspecified atom stereocenters. The Labute approximate surface area is 215 Å². The minimum Gasteiger partial charge on any atom is -0.481 e. The molecule has 0 radical (unpaired) electrons. The van der Waals surface area contributed by atoms with Crippen molar-refractivity contribution in [3.05, 3.63) is 54.5 Å². The Kier molecular flexibility index (Phi) is 6.17. The summed E-state index contributed by atoms with van der Waals surface area (Å²) in [4.78, 5) is 37.8. The van der Waals surface area contributed by atoms with E-state index in [-0.39, 0.29) is 6.04 Å². The molecule has 4 aromatic rings. The number of aromatic amines is 1. The maximum absolute atomic E-state index is 12.4. The van der Waals surface area contributed by atoms with Crippen molar-refractivity contribution in [1.82, 2.24) is 34.7 Å². The number of methoxy groups -OCH3 is 1. The first-order chi connectivity index (χ1) is 18.1. The number of anilines is 2. The summed E-state index contributed by atoms with van der Waals surface area (Å²) < 4.78 is 5.22. The highest BCUT2D eigenvalue weighted by Crippen LogP contribution is 2.32. The lowest BCUT2D eigenvalue weighted by Crippen LogP contribution is -2.49. The van der Waals surface area contributed by atoms with E-state index in [9.17, 15) is 4.79 Å². The number of nitrogens with one attached hydrogen (secondary N) is 2. The van der Waals surface area contributed by atoms with Crippen LogP contribution in [0.3, 0.4) is 0 Å². The number of imidazole rings is 1. The fourth-order valence-corrected chi connectivity index (χ4v) is 4.86. The molecule has 0 bridgehead atoms. The Hall–Kier alpha value is -4.05. The van der Waals surface area contributed by atoms with E-state index in [0.717, 1.165) is 67.1 Å². The van der Waals surface area contributed by atoms with Crippen LogP contribution in [0.1, 0.15) is 31.4 Å². The molecule has 1 saturated carbocycles. The summed E-state index contributed by atoms with van der Waals surface area (Å²) in [5.74, 6) is 2.50. The minimum atomic E-state index is 0.227. The Balaban J connectivity index is 1.14. The molecule has 190 valence electrons. The third kappa shape index (κ3) is 4.97. The number of piperazine rings is 1. The van der Waals surface area contributed by atoms with Crippen LogP contribution in [0.15, 0.2) is 48.9 Å². The zero-order valence-electron chi connectivity index (χ0n) is 21.0. The van der Waals surface area contributed by atoms with Crippen LogP contribution in [0.2, 0.25) is 0 Å². The first-order valence-electron chi connectivity index (χ1n) is 12.7. The zero-order valence-corrected chi connectivity index (χ0v) is 21.0. The summed E-state index contributed by atoms with van der Waals surface area (Å²) in [5, 5.41) is 3.32. The molecule has 0 spiro atoms. The number of aromatic nitrogens is 5. The van der Waals surface area contributed by atoms with E-state index in [4.69, 9.17) is 4.74 Å². The van der Waals surface area contributed by atoms with E-state index >= 15 is 0 Å². The average molecular weight is 499 g/mol. The largest absolute Gasteiger partial charge is 0.481 e. The molecule has 4 heterocycles. The molecule has 10 nitrogen and oxygen atoms in total. The first kappa shape index (κ1) is 23.4. The van der Waals surface area contributed by atoms with E-state index in [2.05, 4.69) is 54.2 Å². The summed E-state index contributed by atoms with van der Waals surface area (Å²) in [5.41, 5.74) is 4.63. The van der Waals surface area contributed by atoms with Gasteiger partial charge in [0.05, 0.1) is 23.8 Å². The number of carbonyl (C=O) groups is 1. The van der Waals surface area contributed by atoms with Crippen molar-refractivity contribution in [2.75, 3.05) is 38.6 Å². The van der Waals surface area contributed by atoms with Crippen molar-refractivity contribution in [3.8, 4) is 17.1 Å². The molecule has 1 aliphatic heterocycles. The molecule has 1 atom stereocenters. The van der Waals surface area contributed by atoms with Crippen LogP contribution in [0.4, 0.5) is 11.8 Å². The first-order valence-corrected chi connectivity index (χ1v) is 12.7. The molecule has 1 aliphatic carbocycles. The van der Waals surface area contributed by atoms with Gasteiger partial charge in [-0.15, -0.1) is 0 Å². The molecular weight excluding hydrogens is 468 g/mol. The SMILES string of the molecule is COc1cc(-c2ccc3nc(Nc4cc(C(C)N5CCN(C(=O)C6CC6)CC5)ccn4)[nH]c3c2)ncn1. The molecule has 6 rings (SSSR count). The smallest absolute Gasteiger partial charge is 0.225 e. The average Bonchev–Trinajstić information content (AvgIpc) is 3.72. The van der Waals surface area contributed by atoms with Crippen LogP contribution in [0.25, 0.3) is 22.3 Å². The highest BCUT2D eigenvalue weighted by atomic mass is 16.5. The molecule has 2 N–H and O–H groups in total. The fraction of sp³-hybridized carbons (Fsp3) is 0.370. The van der Waals surface area contributed by atoms with Crippen molar-refractivity contribution >= 4 is 28.7 Å². The van der Waals surface area contributed by atoms with E-state index < -0.39 is 0 Å². The maximum atomic E-state index is 12.4. The van der Waals surface area contributed by atoms with Crippen LogP contribution < -0.4 is 10.1 Å². The topological polar surface area (TPSA) is 112 Å². The van der Waals surface area contributed by atoms with Gasteiger partial charge in [-0.1, -0.05) is 6.07 Å². The van der Waals surface area contributed by atoms with Gasteiger partial charge in [0.1, 0.15) is 12.1 Å². The molecule has 37 heavy (non-hydrogen) atoms. The number of carbonyl (C=O) groups excluding carboxylic acids is 1. The van der Waals surface area contributed by atoms with Crippen molar-refractivity contribution in [2.45, 2.75) is 25.8 Å². The van der Waals surface area contributed by atoms with Gasteiger partial charge >= 0.3 is 0 Å². The number of ether oxygens (including phenoxy) is 1. The Bertz CT molecular complexity index is 1420. The van der Waals surface area contributed by atoms with Gasteiger partial charge in [-0.25, -0.2) is 19.9 Å². The second kappa shape index (κ2) is 9.78. The standard InChI is InChI=1S/C27H30N8O2/c1-17(34-9-11-35(12-10-34)26(36)18-3-4-18)19-7-8-28-24(14-19)33-27-31-21-6-5-20(13-23(21)32-27)22-15-25(37-2)30-16-29-22/h5-8,13-18H,3-4,9-12H2,1-2H3,(H2,28,31,32,33). The van der Waals surface area contributed by atoms with Gasteiger partial charge in [0, 0.05) is 56.0 Å². The van der Waals surface area contributed by atoms with Gasteiger partial charge < -0.3 is 19.9 Å². The summed E-state index contributed by atoms with van der Waals surface area (Å²) in [6.45, 7) is 5.59. The van der Waals surface area contributed by atoms with Crippen LogP contribution >= 0.6 is 0 Å². The Morgan fingerprint density at radius 3 is 2.70 bits per heavy atom. The molecule has 1 aromatic carbocycles. The number of amides is 1. The Morgan fingerprint density at radius 2 is 1.92 bits per heavy atom. The third-order valence-corrected chi connectivity index (χ3v) is 7.24. The minimum absolute atomic E-state index is 0.227. The van der Waals surface area contributed by atoms with Crippen molar-refractivity contribution in [1.29, 1.82) is 0 Å². The zero-order chi connectivity index (χ0) is 25.4. The highest BCUT2D eigenvalue weighted by molar-refractivity contribution is 5.83. The number of pyridine rings is 1. The third-order valence-electron chi connectivity index (χ3n) is 7.24. The lowest BCUT2D eigenvalue weighted by Gasteiger charge is -2.38. The van der Waals surface area contributed by atoms with Crippen molar-refractivity contribution in [3.63, 3.8) is 0 Å². The molecule has 3 aromatic heterocycles. The molecule has 1 amide bonds. The quantitative estimate of drug-likeness (QED) is 0.396. The number of hydrogen-bond acceptors (Lipinski definition) is 8. The molecule has 2 aliphatic rings. The van der Waals surface area contributed by atoms with Crippen LogP contribution in [-0.2, 0) is 4.79 Å². The summed E-state index contributed by atoms with van der Waals surface area (Å²) >= 11 is 0. The number of hydrogen-bond donors (Lipinski definition) is 2. The van der Waals surface area contributed by atoms with Crippen LogP contribution in [0.5, 0.6) is 5.88 Å². The van der Waals surface area contributed by atoms with Gasteiger partial charge in [0.2, 0.25) is 17.7 Å². The molecular formula is C27H30N8O2. The lowest BCUT2D eigenvalue weighted by molar-refractivity contribution is -0.134.